The summed E-state index contributed by atoms with van der Waals surface area (Å²) < 4.78 is 21.2. The SMILES string of the molecule is O=C(N1CCCC1)N1CCN(CCn2cc(-c3ccc4ncnc(Nc5ccc(OCc6cccc(F)c6)c(Cl)c5)c4c3)nn2)CC1. The van der Waals surface area contributed by atoms with Crippen molar-refractivity contribution in [2.75, 3.05) is 51.1 Å². The van der Waals surface area contributed by atoms with Crippen LogP contribution in [0.1, 0.15) is 18.4 Å². The van der Waals surface area contributed by atoms with E-state index in [9.17, 15) is 9.18 Å². The quantitative estimate of drug-likeness (QED) is 0.211. The first-order valence-corrected chi connectivity index (χ1v) is 16.2. The Kier molecular flexibility index (Phi) is 9.11. The van der Waals surface area contributed by atoms with Crippen molar-refractivity contribution in [3.05, 3.63) is 89.6 Å². The Balaban J connectivity index is 0.974. The number of aromatic nitrogens is 5. The van der Waals surface area contributed by atoms with Gasteiger partial charge in [0.2, 0.25) is 0 Å². The zero-order chi connectivity index (χ0) is 32.2. The summed E-state index contributed by atoms with van der Waals surface area (Å²) >= 11 is 6.53. The number of piperazine rings is 1. The van der Waals surface area contributed by atoms with Crippen molar-refractivity contribution in [3.63, 3.8) is 0 Å². The van der Waals surface area contributed by atoms with Crippen molar-refractivity contribution in [2.45, 2.75) is 26.0 Å². The van der Waals surface area contributed by atoms with Gasteiger partial charge >= 0.3 is 6.03 Å². The first-order chi connectivity index (χ1) is 23.0. The van der Waals surface area contributed by atoms with Crippen molar-refractivity contribution in [2.24, 2.45) is 0 Å². The lowest BCUT2D eigenvalue weighted by Crippen LogP contribution is -2.52. The Morgan fingerprint density at radius 3 is 2.55 bits per heavy atom. The minimum Gasteiger partial charge on any atom is -0.487 e. The van der Waals surface area contributed by atoms with Crippen molar-refractivity contribution in [1.82, 2.24) is 39.7 Å². The summed E-state index contributed by atoms with van der Waals surface area (Å²) in [7, 11) is 0. The summed E-state index contributed by atoms with van der Waals surface area (Å²) in [6, 6.07) is 17.8. The highest BCUT2D eigenvalue weighted by Gasteiger charge is 2.26. The fraction of sp³-hybridized carbons (Fsp3) is 0.324. The zero-order valence-electron chi connectivity index (χ0n) is 25.9. The van der Waals surface area contributed by atoms with Crippen LogP contribution in [0.25, 0.3) is 22.2 Å². The number of ether oxygens (including phenoxy) is 1. The number of rotatable bonds is 9. The third-order valence-corrected chi connectivity index (χ3v) is 8.91. The second-order valence-corrected chi connectivity index (χ2v) is 12.2. The maximum atomic E-state index is 13.5. The molecule has 13 heteroatoms. The monoisotopic (exact) mass is 655 g/mol. The van der Waals surface area contributed by atoms with Crippen LogP contribution in [-0.2, 0) is 13.2 Å². The highest BCUT2D eigenvalue weighted by atomic mass is 35.5. The van der Waals surface area contributed by atoms with Crippen molar-refractivity contribution >= 4 is 40.0 Å². The number of carbonyl (C=O) groups excluding carboxylic acids is 1. The first kappa shape index (κ1) is 30.8. The van der Waals surface area contributed by atoms with E-state index in [1.807, 2.05) is 44.9 Å². The molecule has 2 aliphatic heterocycles. The van der Waals surface area contributed by atoms with Crippen LogP contribution in [0.3, 0.4) is 0 Å². The van der Waals surface area contributed by atoms with Gasteiger partial charge in [0.1, 0.15) is 36.0 Å². The summed E-state index contributed by atoms with van der Waals surface area (Å²) in [5.74, 6) is 0.806. The normalized spacial score (nSPS) is 15.4. The molecule has 2 aromatic heterocycles. The molecule has 242 valence electrons. The molecule has 0 bridgehead atoms. The third kappa shape index (κ3) is 7.28. The molecule has 0 spiro atoms. The Hall–Kier alpha value is -4.81. The summed E-state index contributed by atoms with van der Waals surface area (Å²) in [5.41, 5.74) is 3.88. The van der Waals surface area contributed by atoms with E-state index in [4.69, 9.17) is 16.3 Å². The molecule has 2 saturated heterocycles. The van der Waals surface area contributed by atoms with E-state index in [2.05, 4.69) is 30.5 Å². The predicted molar refractivity (Wildman–Crippen MR) is 178 cm³/mol. The number of likely N-dealkylation sites (tertiary alicyclic amines) is 1. The van der Waals surface area contributed by atoms with Crippen molar-refractivity contribution < 1.29 is 13.9 Å². The number of urea groups is 1. The van der Waals surface area contributed by atoms with Gasteiger partial charge in [-0.25, -0.2) is 19.2 Å². The van der Waals surface area contributed by atoms with Crippen molar-refractivity contribution in [3.8, 4) is 17.0 Å². The summed E-state index contributed by atoms with van der Waals surface area (Å²) in [6.45, 7) is 6.75. The van der Waals surface area contributed by atoms with Gasteiger partial charge < -0.3 is 19.9 Å². The second kappa shape index (κ2) is 13.9. The van der Waals surface area contributed by atoms with E-state index in [0.717, 1.165) is 86.5 Å². The lowest BCUT2D eigenvalue weighted by Gasteiger charge is -2.36. The molecule has 1 N–H and O–H groups in total. The van der Waals surface area contributed by atoms with Crippen LogP contribution in [0.4, 0.5) is 20.7 Å². The molecule has 4 heterocycles. The molecule has 2 fully saturated rings. The number of nitrogens with one attached hydrogen (secondary N) is 1. The van der Waals surface area contributed by atoms with Gasteiger partial charge in [-0.1, -0.05) is 35.0 Å². The summed E-state index contributed by atoms with van der Waals surface area (Å²) in [4.78, 5) is 28.0. The maximum absolute atomic E-state index is 13.5. The largest absolute Gasteiger partial charge is 0.487 e. The Labute approximate surface area is 276 Å². The molecular formula is C34H35ClFN9O2. The van der Waals surface area contributed by atoms with E-state index < -0.39 is 0 Å². The maximum Gasteiger partial charge on any atom is 0.320 e. The van der Waals surface area contributed by atoms with Gasteiger partial charge in [-0.2, -0.15) is 0 Å². The van der Waals surface area contributed by atoms with Gasteiger partial charge in [0, 0.05) is 62.5 Å². The molecule has 47 heavy (non-hydrogen) atoms. The molecule has 3 aromatic carbocycles. The summed E-state index contributed by atoms with van der Waals surface area (Å²) in [5, 5.41) is 13.4. The van der Waals surface area contributed by atoms with Crippen LogP contribution in [0, 0.1) is 5.82 Å². The van der Waals surface area contributed by atoms with E-state index >= 15 is 0 Å². The average Bonchev–Trinajstić information content (AvgIpc) is 3.81. The molecule has 2 aliphatic rings. The Bertz CT molecular complexity index is 1870. The zero-order valence-corrected chi connectivity index (χ0v) is 26.6. The highest BCUT2D eigenvalue weighted by Crippen LogP contribution is 2.32. The van der Waals surface area contributed by atoms with Gasteiger partial charge in [0.15, 0.2) is 0 Å². The van der Waals surface area contributed by atoms with Crippen molar-refractivity contribution in [1.29, 1.82) is 0 Å². The van der Waals surface area contributed by atoms with Crippen LogP contribution in [0.2, 0.25) is 5.02 Å². The Morgan fingerprint density at radius 2 is 1.74 bits per heavy atom. The number of anilines is 2. The third-order valence-electron chi connectivity index (χ3n) is 8.61. The molecule has 5 aromatic rings. The smallest absolute Gasteiger partial charge is 0.320 e. The molecular weight excluding hydrogens is 621 g/mol. The molecule has 0 aliphatic carbocycles. The highest BCUT2D eigenvalue weighted by molar-refractivity contribution is 6.32. The summed E-state index contributed by atoms with van der Waals surface area (Å²) in [6.07, 6.45) is 5.69. The number of benzene rings is 3. The van der Waals surface area contributed by atoms with Gasteiger partial charge in [0.25, 0.3) is 0 Å². The standard InChI is InChI=1S/C34H35ClFN9O2/c35-29-20-27(7-9-32(29)47-22-24-4-3-5-26(36)18-24)39-33-28-19-25(6-8-30(28)37-23-38-33)31-21-45(41-40-31)17-14-42-12-15-44(16-13-42)34(46)43-10-1-2-11-43/h3-9,18-21,23H,1-2,10-17,22H2,(H,37,38,39). The molecule has 11 nitrogen and oxygen atoms in total. The first-order valence-electron chi connectivity index (χ1n) is 15.8. The van der Waals surface area contributed by atoms with Crippen LogP contribution in [-0.4, -0.2) is 91.5 Å². The predicted octanol–water partition coefficient (Wildman–Crippen LogP) is 5.84. The minimum atomic E-state index is -0.310. The molecule has 7 rings (SSSR count). The number of amides is 2. The lowest BCUT2D eigenvalue weighted by atomic mass is 10.1. The molecule has 0 atom stereocenters. The Morgan fingerprint density at radius 1 is 0.915 bits per heavy atom. The van der Waals surface area contributed by atoms with Gasteiger partial charge in [0.05, 0.1) is 23.3 Å². The topological polar surface area (TPSA) is 105 Å². The van der Waals surface area contributed by atoms with Crippen LogP contribution in [0.15, 0.2) is 73.2 Å². The number of hydrogen-bond acceptors (Lipinski definition) is 8. The fourth-order valence-corrected chi connectivity index (χ4v) is 6.23. The van der Waals surface area contributed by atoms with Crippen LogP contribution < -0.4 is 10.1 Å². The van der Waals surface area contributed by atoms with E-state index in [-0.39, 0.29) is 18.5 Å². The minimum absolute atomic E-state index is 0.188. The average molecular weight is 656 g/mol. The number of carbonyl (C=O) groups is 1. The van der Waals surface area contributed by atoms with E-state index in [1.54, 1.807) is 24.3 Å². The molecule has 2 amide bonds. The lowest BCUT2D eigenvalue weighted by molar-refractivity contribution is 0.116. The van der Waals surface area contributed by atoms with Gasteiger partial charge in [-0.05, 0) is 60.9 Å². The van der Waals surface area contributed by atoms with Gasteiger partial charge in [-0.3, -0.25) is 9.58 Å². The van der Waals surface area contributed by atoms with E-state index in [1.165, 1.54) is 18.5 Å². The van der Waals surface area contributed by atoms with Crippen LogP contribution in [0.5, 0.6) is 5.75 Å². The van der Waals surface area contributed by atoms with Crippen LogP contribution >= 0.6 is 11.6 Å². The second-order valence-electron chi connectivity index (χ2n) is 11.8. The van der Waals surface area contributed by atoms with Gasteiger partial charge in [-0.15, -0.1) is 5.10 Å². The number of nitrogens with zero attached hydrogens (tertiary/aromatic N) is 8. The molecule has 0 radical (unpaired) electrons. The molecule has 0 saturated carbocycles. The number of fused-ring (bicyclic) bond motifs is 1. The molecule has 0 unspecified atom stereocenters. The number of hydrogen-bond donors (Lipinski definition) is 1. The number of halogens is 2. The fourth-order valence-electron chi connectivity index (χ4n) is 5.99. The van der Waals surface area contributed by atoms with E-state index in [0.29, 0.717) is 28.7 Å².